The fraction of sp³-hybridized carbons (Fsp3) is 0.375. The van der Waals surface area contributed by atoms with Crippen LogP contribution in [0.1, 0.15) is 43.7 Å². The Bertz CT molecular complexity index is 1010. The van der Waals surface area contributed by atoms with Gasteiger partial charge in [0, 0.05) is 12.0 Å². The van der Waals surface area contributed by atoms with Gasteiger partial charge in [-0.1, -0.05) is 43.7 Å². The number of piperidine rings is 1. The highest BCUT2D eigenvalue weighted by molar-refractivity contribution is 5.97. The summed E-state index contributed by atoms with van der Waals surface area (Å²) in [5.41, 5.74) is 2.30. The first-order chi connectivity index (χ1) is 15.2. The number of amides is 1. The molecule has 0 unspecified atom stereocenters. The number of benzene rings is 2. The van der Waals surface area contributed by atoms with Crippen molar-refractivity contribution in [2.45, 2.75) is 38.6 Å². The molecule has 1 saturated heterocycles. The monoisotopic (exact) mass is 420 g/mol. The summed E-state index contributed by atoms with van der Waals surface area (Å²) in [7, 11) is 1.59. The number of anilines is 1. The van der Waals surface area contributed by atoms with E-state index in [9.17, 15) is 4.79 Å². The Labute approximate surface area is 182 Å². The summed E-state index contributed by atoms with van der Waals surface area (Å²) in [5.74, 6) is 1.50. The van der Waals surface area contributed by atoms with E-state index >= 15 is 0 Å². The predicted molar refractivity (Wildman–Crippen MR) is 119 cm³/mol. The Morgan fingerprint density at radius 2 is 1.90 bits per heavy atom. The molecule has 0 aliphatic carbocycles. The van der Waals surface area contributed by atoms with Gasteiger partial charge in [-0.25, -0.2) is 0 Å². The molecule has 0 radical (unpaired) electrons. The molecule has 1 atom stereocenters. The van der Waals surface area contributed by atoms with Gasteiger partial charge in [-0.3, -0.25) is 9.69 Å². The van der Waals surface area contributed by atoms with Gasteiger partial charge in [-0.05, 0) is 49.7 Å². The fourth-order valence-corrected chi connectivity index (χ4v) is 3.99. The molecule has 1 N–H and O–H groups in total. The Kier molecular flexibility index (Phi) is 6.62. The molecule has 1 aliphatic rings. The third-order valence-corrected chi connectivity index (χ3v) is 5.59. The van der Waals surface area contributed by atoms with Gasteiger partial charge in [0.2, 0.25) is 17.7 Å². The summed E-state index contributed by atoms with van der Waals surface area (Å²) in [4.78, 5) is 15.8. The van der Waals surface area contributed by atoms with E-state index in [4.69, 9.17) is 9.15 Å². The number of ether oxygens (including phenoxy) is 1. The number of likely N-dealkylation sites (tertiary alicyclic amines) is 1. The molecular weight excluding hydrogens is 392 g/mol. The van der Waals surface area contributed by atoms with Gasteiger partial charge in [-0.15, -0.1) is 10.2 Å². The zero-order valence-electron chi connectivity index (χ0n) is 18.0. The third kappa shape index (κ3) is 4.77. The minimum Gasteiger partial charge on any atom is -0.495 e. The Morgan fingerprint density at radius 1 is 1.13 bits per heavy atom. The number of carbonyl (C=O) groups excluding carboxylic acids is 1. The molecule has 0 spiro atoms. The van der Waals surface area contributed by atoms with Gasteiger partial charge in [-0.2, -0.15) is 0 Å². The highest BCUT2D eigenvalue weighted by atomic mass is 16.5. The van der Waals surface area contributed by atoms with Crippen LogP contribution in [-0.2, 0) is 11.2 Å². The number of hydrogen-bond acceptors (Lipinski definition) is 6. The SMILES string of the molecule is CCc1nnc(-c2ccc(OC)c(NC(=O)[C@@H](c3ccccc3)N3CCCCC3)c2)o1. The van der Waals surface area contributed by atoms with Crippen LogP contribution in [0.25, 0.3) is 11.5 Å². The molecule has 162 valence electrons. The van der Waals surface area contributed by atoms with Crippen LogP contribution in [0.15, 0.2) is 52.9 Å². The van der Waals surface area contributed by atoms with Crippen molar-refractivity contribution in [3.05, 3.63) is 60.0 Å². The van der Waals surface area contributed by atoms with E-state index in [0.717, 1.165) is 37.1 Å². The van der Waals surface area contributed by atoms with Crippen molar-refractivity contribution in [1.29, 1.82) is 0 Å². The molecule has 1 amide bonds. The van der Waals surface area contributed by atoms with E-state index in [1.165, 1.54) is 6.42 Å². The molecule has 2 heterocycles. The number of rotatable bonds is 7. The molecule has 3 aromatic rings. The van der Waals surface area contributed by atoms with Crippen molar-refractivity contribution in [3.8, 4) is 17.2 Å². The second kappa shape index (κ2) is 9.75. The highest BCUT2D eigenvalue weighted by Crippen LogP contribution is 2.32. The number of carbonyl (C=O) groups is 1. The molecule has 1 aromatic heterocycles. The Balaban J connectivity index is 1.63. The number of nitrogens with zero attached hydrogens (tertiary/aromatic N) is 3. The standard InChI is InChI=1S/C24H28N4O3/c1-3-21-26-27-24(31-21)18-12-13-20(30-2)19(16-18)25-23(29)22(17-10-6-4-7-11-17)28-14-8-5-9-15-28/h4,6-7,10-13,16,22H,3,5,8-9,14-15H2,1-2H3,(H,25,29)/t22-/m1/s1. The van der Waals surface area contributed by atoms with Crippen molar-refractivity contribution < 1.29 is 13.9 Å². The van der Waals surface area contributed by atoms with Gasteiger partial charge in [0.1, 0.15) is 11.8 Å². The lowest BCUT2D eigenvalue weighted by Crippen LogP contribution is -2.40. The van der Waals surface area contributed by atoms with Crippen LogP contribution < -0.4 is 10.1 Å². The first kappa shape index (κ1) is 21.1. The number of hydrogen-bond donors (Lipinski definition) is 1. The first-order valence-corrected chi connectivity index (χ1v) is 10.8. The summed E-state index contributed by atoms with van der Waals surface area (Å²) in [5, 5.41) is 11.2. The maximum atomic E-state index is 13.5. The summed E-state index contributed by atoms with van der Waals surface area (Å²) < 4.78 is 11.2. The predicted octanol–water partition coefficient (Wildman–Crippen LogP) is 4.47. The van der Waals surface area contributed by atoms with Crippen molar-refractivity contribution in [2.75, 3.05) is 25.5 Å². The van der Waals surface area contributed by atoms with Gasteiger partial charge in [0.15, 0.2) is 0 Å². The molecule has 0 saturated carbocycles. The average molecular weight is 421 g/mol. The van der Waals surface area contributed by atoms with Gasteiger partial charge < -0.3 is 14.5 Å². The zero-order valence-corrected chi connectivity index (χ0v) is 18.0. The molecule has 2 aromatic carbocycles. The fourth-order valence-electron chi connectivity index (χ4n) is 3.99. The Morgan fingerprint density at radius 3 is 2.58 bits per heavy atom. The van der Waals surface area contributed by atoms with E-state index in [1.807, 2.05) is 49.4 Å². The molecule has 1 aliphatic heterocycles. The van der Waals surface area contributed by atoms with Crippen LogP contribution >= 0.6 is 0 Å². The lowest BCUT2D eigenvalue weighted by Gasteiger charge is -2.34. The number of nitrogens with one attached hydrogen (secondary N) is 1. The maximum absolute atomic E-state index is 13.5. The summed E-state index contributed by atoms with van der Waals surface area (Å²) in [6, 6.07) is 15.1. The number of methoxy groups -OCH3 is 1. The van der Waals surface area contributed by atoms with E-state index in [1.54, 1.807) is 13.2 Å². The van der Waals surface area contributed by atoms with Gasteiger partial charge >= 0.3 is 0 Å². The number of aromatic nitrogens is 2. The Hall–Kier alpha value is -3.19. The summed E-state index contributed by atoms with van der Waals surface area (Å²) in [6.45, 7) is 3.78. The lowest BCUT2D eigenvalue weighted by molar-refractivity contribution is -0.122. The molecule has 7 nitrogen and oxygen atoms in total. The van der Waals surface area contributed by atoms with Crippen molar-refractivity contribution >= 4 is 11.6 Å². The first-order valence-electron chi connectivity index (χ1n) is 10.8. The minimum atomic E-state index is -0.357. The van der Waals surface area contributed by atoms with Crippen LogP contribution in [0.3, 0.4) is 0 Å². The molecular formula is C24H28N4O3. The van der Waals surface area contributed by atoms with E-state index < -0.39 is 0 Å². The second-order valence-corrected chi connectivity index (χ2v) is 7.67. The topological polar surface area (TPSA) is 80.5 Å². The van der Waals surface area contributed by atoms with Crippen molar-refractivity contribution in [2.24, 2.45) is 0 Å². The van der Waals surface area contributed by atoms with E-state index in [0.29, 0.717) is 29.6 Å². The van der Waals surface area contributed by atoms with Crippen LogP contribution in [0.4, 0.5) is 5.69 Å². The minimum absolute atomic E-state index is 0.0803. The van der Waals surface area contributed by atoms with Crippen molar-refractivity contribution in [1.82, 2.24) is 15.1 Å². The summed E-state index contributed by atoms with van der Waals surface area (Å²) >= 11 is 0. The van der Waals surface area contributed by atoms with E-state index in [2.05, 4.69) is 20.4 Å². The normalized spacial score (nSPS) is 15.4. The average Bonchev–Trinajstić information content (AvgIpc) is 3.30. The highest BCUT2D eigenvalue weighted by Gasteiger charge is 2.29. The smallest absolute Gasteiger partial charge is 0.247 e. The lowest BCUT2D eigenvalue weighted by atomic mass is 10.0. The van der Waals surface area contributed by atoms with Gasteiger partial charge in [0.25, 0.3) is 0 Å². The zero-order chi connectivity index (χ0) is 21.6. The van der Waals surface area contributed by atoms with E-state index in [-0.39, 0.29) is 11.9 Å². The number of aryl methyl sites for hydroxylation is 1. The molecule has 1 fully saturated rings. The molecule has 0 bridgehead atoms. The quantitative estimate of drug-likeness (QED) is 0.607. The summed E-state index contributed by atoms with van der Waals surface area (Å²) in [6.07, 6.45) is 4.08. The largest absolute Gasteiger partial charge is 0.495 e. The van der Waals surface area contributed by atoms with Crippen LogP contribution in [-0.4, -0.2) is 41.2 Å². The molecule has 31 heavy (non-hydrogen) atoms. The van der Waals surface area contributed by atoms with Gasteiger partial charge in [0.05, 0.1) is 12.8 Å². The molecule has 7 heteroatoms. The second-order valence-electron chi connectivity index (χ2n) is 7.67. The van der Waals surface area contributed by atoms with Crippen LogP contribution in [0.2, 0.25) is 0 Å². The molecule has 4 rings (SSSR count). The van der Waals surface area contributed by atoms with Crippen LogP contribution in [0.5, 0.6) is 5.75 Å². The third-order valence-electron chi connectivity index (χ3n) is 5.59. The maximum Gasteiger partial charge on any atom is 0.247 e. The van der Waals surface area contributed by atoms with Crippen molar-refractivity contribution in [3.63, 3.8) is 0 Å². The van der Waals surface area contributed by atoms with Crippen LogP contribution in [0, 0.1) is 0 Å².